The molecule has 3 aromatic rings. The van der Waals surface area contributed by atoms with Crippen LogP contribution in [-0.2, 0) is 14.3 Å². The Balaban J connectivity index is 1.34. The Kier molecular flexibility index (Phi) is 6.60. The van der Waals surface area contributed by atoms with Gasteiger partial charge in [0.05, 0.1) is 6.54 Å². The Labute approximate surface area is 197 Å². The van der Waals surface area contributed by atoms with Crippen LogP contribution in [-0.4, -0.2) is 42.2 Å². The summed E-state index contributed by atoms with van der Waals surface area (Å²) in [6, 6.07) is 16.7. The smallest absolute Gasteiger partial charge is 0.407 e. The second-order valence-electron chi connectivity index (χ2n) is 7.64. The first-order chi connectivity index (χ1) is 16.3. The number of carboxylic acid groups (broad SMARTS) is 1. The molecule has 1 atom stereocenters. The lowest BCUT2D eigenvalue weighted by Gasteiger charge is -2.20. The number of hydrogen-bond donors (Lipinski definition) is 3. The van der Waals surface area contributed by atoms with Crippen molar-refractivity contribution in [3.63, 3.8) is 0 Å². The average molecular weight is 486 g/mol. The standard InChI is InChI=1S/C24H20F2N2O5S/c25-24(26,22(31)28-20(21(29)30)19-10-5-11-34-19)13-27-23(32)33-12-18-16-8-3-1-6-14(16)15-7-2-4-9-17(15)18/h1-11,18,20H,12-13H2,(H,27,32)(H,28,31)(H,29,30). The Bertz CT molecular complexity index is 1170. The van der Waals surface area contributed by atoms with Crippen molar-refractivity contribution in [1.29, 1.82) is 0 Å². The predicted octanol–water partition coefficient (Wildman–Crippen LogP) is 4.16. The van der Waals surface area contributed by atoms with Gasteiger partial charge >= 0.3 is 18.0 Å². The number of ether oxygens (including phenoxy) is 1. The van der Waals surface area contributed by atoms with E-state index >= 15 is 0 Å². The maximum atomic E-state index is 14.3. The predicted molar refractivity (Wildman–Crippen MR) is 121 cm³/mol. The summed E-state index contributed by atoms with van der Waals surface area (Å²) in [7, 11) is 0. The van der Waals surface area contributed by atoms with Crippen LogP contribution in [0.25, 0.3) is 11.1 Å². The second-order valence-corrected chi connectivity index (χ2v) is 8.62. The second kappa shape index (κ2) is 9.60. The molecule has 1 aromatic heterocycles. The molecule has 0 bridgehead atoms. The number of rotatable bonds is 8. The highest BCUT2D eigenvalue weighted by atomic mass is 32.1. The zero-order chi connectivity index (χ0) is 24.3. The largest absolute Gasteiger partial charge is 0.479 e. The molecule has 2 aromatic carbocycles. The van der Waals surface area contributed by atoms with Crippen LogP contribution >= 0.6 is 11.3 Å². The Morgan fingerprint density at radius 1 is 1.00 bits per heavy atom. The molecule has 4 rings (SSSR count). The summed E-state index contributed by atoms with van der Waals surface area (Å²) >= 11 is 1.01. The van der Waals surface area contributed by atoms with Crippen LogP contribution in [0.5, 0.6) is 0 Å². The molecule has 176 valence electrons. The van der Waals surface area contributed by atoms with Gasteiger partial charge in [-0.25, -0.2) is 9.59 Å². The van der Waals surface area contributed by atoms with Crippen LogP contribution in [0.4, 0.5) is 13.6 Å². The van der Waals surface area contributed by atoms with Gasteiger partial charge in [-0.2, -0.15) is 8.78 Å². The van der Waals surface area contributed by atoms with Crippen LogP contribution in [0.1, 0.15) is 28.0 Å². The van der Waals surface area contributed by atoms with Crippen LogP contribution in [0, 0.1) is 0 Å². The first-order valence-electron chi connectivity index (χ1n) is 10.3. The lowest BCUT2D eigenvalue weighted by molar-refractivity contribution is -0.150. The third-order valence-corrected chi connectivity index (χ3v) is 6.42. The van der Waals surface area contributed by atoms with Crippen LogP contribution in [0.2, 0.25) is 0 Å². The van der Waals surface area contributed by atoms with Crippen molar-refractivity contribution in [3.8, 4) is 11.1 Å². The minimum absolute atomic E-state index is 0.0723. The highest BCUT2D eigenvalue weighted by Crippen LogP contribution is 2.44. The van der Waals surface area contributed by atoms with Gasteiger partial charge in [0, 0.05) is 10.8 Å². The number of carbonyl (C=O) groups is 3. The molecule has 3 N–H and O–H groups in total. The van der Waals surface area contributed by atoms with Crippen molar-refractivity contribution in [1.82, 2.24) is 10.6 Å². The number of thiophene rings is 1. The third-order valence-electron chi connectivity index (χ3n) is 5.48. The molecule has 0 radical (unpaired) electrons. The van der Waals surface area contributed by atoms with Crippen molar-refractivity contribution in [3.05, 3.63) is 82.0 Å². The van der Waals surface area contributed by atoms with Crippen LogP contribution < -0.4 is 10.6 Å². The minimum atomic E-state index is -4.05. The van der Waals surface area contributed by atoms with Gasteiger partial charge in [0.1, 0.15) is 6.61 Å². The van der Waals surface area contributed by atoms with Gasteiger partial charge in [0.25, 0.3) is 5.91 Å². The monoisotopic (exact) mass is 486 g/mol. The first-order valence-corrected chi connectivity index (χ1v) is 11.2. The molecule has 0 fully saturated rings. The fourth-order valence-electron chi connectivity index (χ4n) is 3.86. The van der Waals surface area contributed by atoms with Gasteiger partial charge in [-0.1, -0.05) is 54.6 Å². The summed E-state index contributed by atoms with van der Waals surface area (Å²) in [4.78, 5) is 35.7. The van der Waals surface area contributed by atoms with E-state index in [4.69, 9.17) is 4.74 Å². The summed E-state index contributed by atoms with van der Waals surface area (Å²) in [5, 5.41) is 14.5. The molecule has 2 amide bonds. The number of carboxylic acids is 1. The van der Waals surface area contributed by atoms with E-state index in [9.17, 15) is 28.3 Å². The van der Waals surface area contributed by atoms with E-state index < -0.39 is 36.5 Å². The van der Waals surface area contributed by atoms with Crippen molar-refractivity contribution in [2.75, 3.05) is 13.2 Å². The number of alkyl halides is 2. The highest BCUT2D eigenvalue weighted by Gasteiger charge is 2.42. The molecule has 1 aliphatic rings. The maximum Gasteiger partial charge on any atom is 0.407 e. The van der Waals surface area contributed by atoms with E-state index in [0.29, 0.717) is 0 Å². The van der Waals surface area contributed by atoms with Gasteiger partial charge in [0.2, 0.25) is 0 Å². The van der Waals surface area contributed by atoms with E-state index in [1.54, 1.807) is 11.4 Å². The molecular formula is C24H20F2N2O5S. The van der Waals surface area contributed by atoms with E-state index in [0.717, 1.165) is 33.6 Å². The van der Waals surface area contributed by atoms with Crippen molar-refractivity contribution >= 4 is 29.3 Å². The lowest BCUT2D eigenvalue weighted by atomic mass is 9.98. The zero-order valence-electron chi connectivity index (χ0n) is 17.7. The first kappa shape index (κ1) is 23.4. The molecule has 0 saturated carbocycles. The number of halogens is 2. The number of hydrogen-bond acceptors (Lipinski definition) is 5. The maximum absolute atomic E-state index is 14.3. The summed E-state index contributed by atoms with van der Waals surface area (Å²) in [6.45, 7) is -1.41. The van der Waals surface area contributed by atoms with Gasteiger partial charge < -0.3 is 20.5 Å². The van der Waals surface area contributed by atoms with E-state index in [1.165, 1.54) is 6.07 Å². The molecule has 0 aliphatic heterocycles. The minimum Gasteiger partial charge on any atom is -0.479 e. The van der Waals surface area contributed by atoms with E-state index in [1.807, 2.05) is 59.2 Å². The fourth-order valence-corrected chi connectivity index (χ4v) is 4.63. The summed E-state index contributed by atoms with van der Waals surface area (Å²) in [5.74, 6) is -7.58. The summed E-state index contributed by atoms with van der Waals surface area (Å²) in [5.41, 5.74) is 3.98. The normalized spacial score (nSPS) is 13.5. The van der Waals surface area contributed by atoms with E-state index in [2.05, 4.69) is 0 Å². The van der Waals surface area contributed by atoms with Crippen LogP contribution in [0.15, 0.2) is 66.0 Å². The van der Waals surface area contributed by atoms with Gasteiger partial charge in [-0.15, -0.1) is 11.3 Å². The number of nitrogens with one attached hydrogen (secondary N) is 2. The van der Waals surface area contributed by atoms with Crippen molar-refractivity contribution in [2.45, 2.75) is 17.9 Å². The Morgan fingerprint density at radius 2 is 1.62 bits per heavy atom. The number of aliphatic carboxylic acids is 1. The zero-order valence-corrected chi connectivity index (χ0v) is 18.5. The molecule has 1 heterocycles. The van der Waals surface area contributed by atoms with Crippen molar-refractivity contribution < 1.29 is 33.0 Å². The number of amides is 2. The third kappa shape index (κ3) is 4.76. The van der Waals surface area contributed by atoms with E-state index in [-0.39, 0.29) is 17.4 Å². The number of benzene rings is 2. The summed E-state index contributed by atoms with van der Waals surface area (Å²) in [6.07, 6.45) is -1.11. The average Bonchev–Trinajstić information content (AvgIpc) is 3.46. The van der Waals surface area contributed by atoms with Crippen molar-refractivity contribution in [2.24, 2.45) is 0 Å². The Hall–Kier alpha value is -3.79. The number of fused-ring (bicyclic) bond motifs is 3. The molecule has 10 heteroatoms. The number of carbonyl (C=O) groups excluding carboxylic acids is 2. The molecule has 34 heavy (non-hydrogen) atoms. The molecule has 1 aliphatic carbocycles. The lowest BCUT2D eigenvalue weighted by Crippen LogP contribution is -2.50. The highest BCUT2D eigenvalue weighted by molar-refractivity contribution is 7.10. The molecule has 7 nitrogen and oxygen atoms in total. The topological polar surface area (TPSA) is 105 Å². The van der Waals surface area contributed by atoms with Crippen LogP contribution in [0.3, 0.4) is 0 Å². The summed E-state index contributed by atoms with van der Waals surface area (Å²) < 4.78 is 33.8. The molecule has 1 unspecified atom stereocenters. The number of alkyl carbamates (subject to hydrolysis) is 1. The molecule has 0 saturated heterocycles. The van der Waals surface area contributed by atoms with Gasteiger partial charge in [-0.3, -0.25) is 4.79 Å². The fraction of sp³-hybridized carbons (Fsp3) is 0.208. The molecule has 0 spiro atoms. The Morgan fingerprint density at radius 3 is 2.18 bits per heavy atom. The molecular weight excluding hydrogens is 466 g/mol. The van der Waals surface area contributed by atoms with Gasteiger partial charge in [-0.05, 0) is 33.7 Å². The van der Waals surface area contributed by atoms with Gasteiger partial charge in [0.15, 0.2) is 6.04 Å². The SMILES string of the molecule is O=C(NCC(F)(F)C(=O)NC(C(=O)O)c1cccs1)OCC1c2ccccc2-c2ccccc21. The quantitative estimate of drug-likeness (QED) is 0.444.